The predicted octanol–water partition coefficient (Wildman–Crippen LogP) is 3.08. The van der Waals surface area contributed by atoms with Gasteiger partial charge in [0.2, 0.25) is 0 Å². The third-order valence-electron chi connectivity index (χ3n) is 5.55. The van der Waals surface area contributed by atoms with E-state index in [-0.39, 0.29) is 10.8 Å². The minimum Gasteiger partial charge on any atom is -0.258 e. The van der Waals surface area contributed by atoms with Gasteiger partial charge in [-0.05, 0) is 48.7 Å². The summed E-state index contributed by atoms with van der Waals surface area (Å²) in [5.74, 6) is 0. The first-order chi connectivity index (χ1) is 17.0. The third kappa shape index (κ3) is 6.90. The molecule has 0 saturated carbocycles. The monoisotopic (exact) mass is 640 g/mol. The molecule has 1 radical (unpaired) electrons. The zero-order chi connectivity index (χ0) is 27.8. The van der Waals surface area contributed by atoms with Crippen molar-refractivity contribution in [1.82, 2.24) is 0 Å². The standard InChI is InChI=1S/C26H29IN2O7S/c1-25(2,3)18-7-11-20(12-8-18)27(21-13-9-19(10-14-21)26(4,5)6)36-37(34,35)24-16-22(28(30)31)15-23(17-24)29(32)33/h7-17H,1-6H3/q+1. The maximum absolute atomic E-state index is 13.4. The highest BCUT2D eigenvalue weighted by atomic mass is 127. The number of nitrogens with zero attached hydrogens (tertiary/aromatic N) is 2. The highest BCUT2D eigenvalue weighted by Gasteiger charge is 2.39. The molecule has 0 unspecified atom stereocenters. The van der Waals surface area contributed by atoms with Crippen molar-refractivity contribution in [1.29, 1.82) is 0 Å². The zero-order valence-electron chi connectivity index (χ0n) is 21.4. The van der Waals surface area contributed by atoms with Crippen LogP contribution in [0.5, 0.6) is 0 Å². The van der Waals surface area contributed by atoms with Gasteiger partial charge in [-0.2, -0.15) is 8.42 Å². The molecular formula is C26H29IN2O7S+. The van der Waals surface area contributed by atoms with Gasteiger partial charge in [-0.15, -0.1) is 0 Å². The van der Waals surface area contributed by atoms with Crippen molar-refractivity contribution >= 4 is 21.5 Å². The van der Waals surface area contributed by atoms with Gasteiger partial charge >= 0.3 is 30.4 Å². The van der Waals surface area contributed by atoms with Crippen LogP contribution in [0.2, 0.25) is 0 Å². The van der Waals surface area contributed by atoms with Crippen LogP contribution in [0.4, 0.5) is 11.4 Å². The Labute approximate surface area is 224 Å². The first kappa shape index (κ1) is 28.7. The summed E-state index contributed by atoms with van der Waals surface area (Å²) in [4.78, 5) is 20.2. The molecule has 0 aliphatic heterocycles. The molecule has 11 heteroatoms. The lowest BCUT2D eigenvalue weighted by molar-refractivity contribution is -1.03. The fourth-order valence-electron chi connectivity index (χ4n) is 3.37. The fraction of sp³-hybridized carbons (Fsp3) is 0.308. The van der Waals surface area contributed by atoms with Gasteiger partial charge in [0.1, 0.15) is 4.90 Å². The minimum absolute atomic E-state index is 0.110. The molecule has 0 amide bonds. The van der Waals surface area contributed by atoms with Crippen molar-refractivity contribution in [3.05, 3.63) is 105 Å². The number of benzene rings is 3. The Kier molecular flexibility index (Phi) is 8.11. The molecule has 0 aromatic heterocycles. The number of hydrogen-bond acceptors (Lipinski definition) is 7. The Bertz CT molecular complexity index is 1330. The molecule has 3 aromatic rings. The summed E-state index contributed by atoms with van der Waals surface area (Å²) in [6, 6.07) is 17.4. The quantitative estimate of drug-likeness (QED) is 0.221. The van der Waals surface area contributed by atoms with Crippen LogP contribution in [-0.4, -0.2) is 18.3 Å². The van der Waals surface area contributed by atoms with Crippen molar-refractivity contribution in [2.24, 2.45) is 0 Å². The van der Waals surface area contributed by atoms with Crippen LogP contribution in [-0.2, 0) is 23.5 Å². The molecule has 3 rings (SSSR count). The molecule has 0 heterocycles. The number of rotatable bonds is 7. The van der Waals surface area contributed by atoms with Crippen LogP contribution in [0.15, 0.2) is 71.6 Å². The summed E-state index contributed by atoms with van der Waals surface area (Å²) in [5, 5.41) is 22.6. The second kappa shape index (κ2) is 10.5. The van der Waals surface area contributed by atoms with E-state index in [0.717, 1.165) is 23.3 Å². The average molecular weight is 640 g/mol. The Balaban J connectivity index is 2.12. The lowest BCUT2D eigenvalue weighted by Gasteiger charge is -2.19. The van der Waals surface area contributed by atoms with E-state index in [1.807, 2.05) is 48.5 Å². The average Bonchev–Trinajstić information content (AvgIpc) is 2.81. The van der Waals surface area contributed by atoms with Gasteiger partial charge in [0.05, 0.1) is 15.9 Å². The van der Waals surface area contributed by atoms with Gasteiger partial charge in [-0.1, -0.05) is 65.8 Å². The molecule has 37 heavy (non-hydrogen) atoms. The first-order valence-electron chi connectivity index (χ1n) is 11.3. The molecule has 0 aliphatic rings. The smallest absolute Gasteiger partial charge is 0.258 e. The van der Waals surface area contributed by atoms with Crippen LogP contribution >= 0.6 is 0 Å². The Hall–Kier alpha value is -2.90. The van der Waals surface area contributed by atoms with Gasteiger partial charge in [0, 0.05) is 12.1 Å². The molecule has 0 spiro atoms. The fourth-order valence-corrected chi connectivity index (χ4v) is 10.3. The van der Waals surface area contributed by atoms with E-state index in [1.165, 1.54) is 0 Å². The Morgan fingerprint density at radius 1 is 0.676 bits per heavy atom. The van der Waals surface area contributed by atoms with Gasteiger partial charge in [0.25, 0.3) is 11.4 Å². The lowest BCUT2D eigenvalue weighted by Crippen LogP contribution is -3.85. The highest BCUT2D eigenvalue weighted by molar-refractivity contribution is 7.86. The van der Waals surface area contributed by atoms with Crippen molar-refractivity contribution in [3.8, 4) is 0 Å². The van der Waals surface area contributed by atoms with E-state index in [1.54, 1.807) is 0 Å². The summed E-state index contributed by atoms with van der Waals surface area (Å²) >= 11 is -3.13. The summed E-state index contributed by atoms with van der Waals surface area (Å²) in [7, 11) is -4.58. The van der Waals surface area contributed by atoms with Crippen LogP contribution < -0.4 is 20.2 Å². The maximum atomic E-state index is 13.4. The molecule has 197 valence electrons. The summed E-state index contributed by atoms with van der Waals surface area (Å²) in [6.07, 6.45) is 0. The number of halogens is 1. The molecule has 0 saturated heterocycles. The third-order valence-corrected chi connectivity index (χ3v) is 12.9. The summed E-state index contributed by atoms with van der Waals surface area (Å²) < 4.78 is 33.9. The second-order valence-electron chi connectivity index (χ2n) is 10.5. The predicted molar refractivity (Wildman–Crippen MR) is 136 cm³/mol. The van der Waals surface area contributed by atoms with Crippen LogP contribution in [0, 0.1) is 27.4 Å². The minimum atomic E-state index is -4.58. The van der Waals surface area contributed by atoms with Crippen molar-refractivity contribution in [2.45, 2.75) is 57.3 Å². The summed E-state index contributed by atoms with van der Waals surface area (Å²) in [5.41, 5.74) is 0.489. The lowest BCUT2D eigenvalue weighted by atomic mass is 9.87. The van der Waals surface area contributed by atoms with E-state index in [2.05, 4.69) is 41.5 Å². The molecule has 0 bridgehead atoms. The van der Waals surface area contributed by atoms with E-state index in [0.29, 0.717) is 13.2 Å². The molecule has 0 fully saturated rings. The van der Waals surface area contributed by atoms with E-state index in [4.69, 9.17) is 2.51 Å². The van der Waals surface area contributed by atoms with E-state index < -0.39 is 56.5 Å². The van der Waals surface area contributed by atoms with Gasteiger partial charge in [-0.3, -0.25) is 20.2 Å². The largest absolute Gasteiger partial charge is 0.336 e. The topological polar surface area (TPSA) is 130 Å². The highest BCUT2D eigenvalue weighted by Crippen LogP contribution is 2.26. The Morgan fingerprint density at radius 2 is 1.03 bits per heavy atom. The summed E-state index contributed by atoms with van der Waals surface area (Å²) in [6.45, 7) is 12.4. The van der Waals surface area contributed by atoms with Crippen molar-refractivity contribution in [3.63, 3.8) is 0 Å². The van der Waals surface area contributed by atoms with Gasteiger partial charge in [-0.25, -0.2) is 0 Å². The Morgan fingerprint density at radius 3 is 1.32 bits per heavy atom. The zero-order valence-corrected chi connectivity index (χ0v) is 24.4. The number of hydrogen-bond donors (Lipinski definition) is 0. The van der Waals surface area contributed by atoms with Crippen LogP contribution in [0.25, 0.3) is 0 Å². The van der Waals surface area contributed by atoms with Crippen molar-refractivity contribution < 1.29 is 41.0 Å². The van der Waals surface area contributed by atoms with Crippen LogP contribution in [0.1, 0.15) is 52.7 Å². The number of non-ortho nitro benzene ring substituents is 2. The number of nitro groups is 2. The van der Waals surface area contributed by atoms with Gasteiger partial charge in [0.15, 0.2) is 7.14 Å². The molecular weight excluding hydrogens is 611 g/mol. The van der Waals surface area contributed by atoms with Crippen molar-refractivity contribution in [2.75, 3.05) is 0 Å². The first-order valence-corrected chi connectivity index (χ1v) is 15.7. The maximum Gasteiger partial charge on any atom is 0.336 e. The van der Waals surface area contributed by atoms with E-state index >= 15 is 0 Å². The van der Waals surface area contributed by atoms with Crippen LogP contribution in [0.3, 0.4) is 0 Å². The molecule has 3 aromatic carbocycles. The molecule has 0 aliphatic carbocycles. The number of nitro benzene ring substituents is 2. The SMILES string of the molecule is CC(C)(C)c1ccc([I+](OS(=O)(=O)c2cc([N+](=O)[O-])cc([N+](=O)[O-])c2)c2ccc(C(C)(C)C)cc2)cc1. The second-order valence-corrected chi connectivity index (χ2v) is 17.0. The molecule has 0 N–H and O–H groups in total. The normalized spacial score (nSPS) is 12.5. The molecule has 0 atom stereocenters. The molecule has 9 nitrogen and oxygen atoms in total. The van der Waals surface area contributed by atoms with E-state index in [9.17, 15) is 28.6 Å². The van der Waals surface area contributed by atoms with Gasteiger partial charge < -0.3 is 0 Å².